The molecule has 0 atom stereocenters. The lowest BCUT2D eigenvalue weighted by molar-refractivity contribution is 0.280. The van der Waals surface area contributed by atoms with E-state index in [4.69, 9.17) is 23.2 Å². The van der Waals surface area contributed by atoms with Gasteiger partial charge < -0.3 is 5.11 Å². The Kier molecular flexibility index (Phi) is 4.53. The second-order valence-electron chi connectivity index (χ2n) is 5.54. The molecule has 0 saturated heterocycles. The first-order chi connectivity index (χ1) is 10.2. The van der Waals surface area contributed by atoms with Crippen molar-refractivity contribution < 1.29 is 5.11 Å². The summed E-state index contributed by atoms with van der Waals surface area (Å²) in [6, 6.07) is 7.68. The molecule has 5 heteroatoms. The zero-order valence-electron chi connectivity index (χ0n) is 11.7. The maximum atomic E-state index is 9.63. The highest BCUT2D eigenvalue weighted by molar-refractivity contribution is 6.31. The maximum absolute atomic E-state index is 9.63. The average molecular weight is 325 g/mol. The fraction of sp³-hybridized carbons (Fsp3) is 0.438. The maximum Gasteiger partial charge on any atom is 0.133 e. The summed E-state index contributed by atoms with van der Waals surface area (Å²) in [7, 11) is 0. The Morgan fingerprint density at radius 1 is 1.19 bits per heavy atom. The molecular formula is C16H18Cl2N2O. The first-order valence-electron chi connectivity index (χ1n) is 7.30. The van der Waals surface area contributed by atoms with E-state index in [1.165, 1.54) is 12.8 Å². The van der Waals surface area contributed by atoms with Crippen molar-refractivity contribution >= 4 is 23.2 Å². The van der Waals surface area contributed by atoms with E-state index in [0.29, 0.717) is 22.6 Å². The van der Waals surface area contributed by atoms with Gasteiger partial charge in [-0.1, -0.05) is 54.2 Å². The Bertz CT molecular complexity index is 633. The number of hydrogen-bond donors (Lipinski definition) is 1. The predicted molar refractivity (Wildman–Crippen MR) is 84.9 cm³/mol. The zero-order chi connectivity index (χ0) is 14.8. The Morgan fingerprint density at radius 3 is 2.57 bits per heavy atom. The van der Waals surface area contributed by atoms with Crippen LogP contribution in [0.15, 0.2) is 24.3 Å². The van der Waals surface area contributed by atoms with E-state index < -0.39 is 0 Å². The van der Waals surface area contributed by atoms with Gasteiger partial charge in [-0.3, -0.25) is 0 Å². The zero-order valence-corrected chi connectivity index (χ0v) is 13.2. The molecule has 3 nitrogen and oxygen atoms in total. The van der Waals surface area contributed by atoms with Crippen LogP contribution >= 0.6 is 23.2 Å². The summed E-state index contributed by atoms with van der Waals surface area (Å²) < 4.78 is 1.75. The third-order valence-corrected chi connectivity index (χ3v) is 4.98. The average Bonchev–Trinajstić information content (AvgIpc) is 3.10. The quantitative estimate of drug-likeness (QED) is 0.905. The van der Waals surface area contributed by atoms with Crippen LogP contribution in [-0.4, -0.2) is 14.9 Å². The molecule has 1 aliphatic rings. The lowest BCUT2D eigenvalue weighted by Crippen LogP contribution is -2.04. The van der Waals surface area contributed by atoms with Crippen LogP contribution in [0.5, 0.6) is 0 Å². The number of benzene rings is 1. The van der Waals surface area contributed by atoms with E-state index in [0.717, 1.165) is 29.7 Å². The molecule has 3 rings (SSSR count). The van der Waals surface area contributed by atoms with Crippen molar-refractivity contribution in [2.24, 2.45) is 0 Å². The van der Waals surface area contributed by atoms with Crippen LogP contribution in [0.3, 0.4) is 0 Å². The molecule has 1 N–H and O–H groups in total. The molecule has 112 valence electrons. The third kappa shape index (κ3) is 2.96. The Labute approximate surface area is 134 Å². The summed E-state index contributed by atoms with van der Waals surface area (Å²) in [5.74, 6) is 0.428. The van der Waals surface area contributed by atoms with Crippen LogP contribution < -0.4 is 0 Å². The minimum Gasteiger partial charge on any atom is -0.391 e. The molecule has 0 amide bonds. The fourth-order valence-corrected chi connectivity index (χ4v) is 3.51. The molecule has 0 spiro atoms. The van der Waals surface area contributed by atoms with Crippen LogP contribution in [0.25, 0.3) is 0 Å². The second kappa shape index (κ2) is 6.39. The molecule has 2 aromatic rings. The van der Waals surface area contributed by atoms with E-state index in [1.54, 1.807) is 4.68 Å². The van der Waals surface area contributed by atoms with Crippen molar-refractivity contribution in [3.8, 4) is 0 Å². The first-order valence-corrected chi connectivity index (χ1v) is 8.05. The van der Waals surface area contributed by atoms with Gasteiger partial charge in [-0.15, -0.1) is 0 Å². The van der Waals surface area contributed by atoms with Gasteiger partial charge in [0, 0.05) is 16.5 Å². The van der Waals surface area contributed by atoms with Crippen LogP contribution in [0.4, 0.5) is 0 Å². The predicted octanol–water partition coefficient (Wildman–Crippen LogP) is 4.39. The molecule has 0 aliphatic heterocycles. The first kappa shape index (κ1) is 14.9. The lowest BCUT2D eigenvalue weighted by atomic mass is 10.0. The standard InChI is InChI=1S/C16H18Cl2N2O/c17-14-8-4-3-7-12(14)9-20-16(18)13(10-21)15(19-20)11-5-1-2-6-11/h3-4,7-8,11,21H,1-2,5-6,9-10H2. The Balaban J connectivity index is 1.94. The van der Waals surface area contributed by atoms with Crippen molar-refractivity contribution in [1.82, 2.24) is 9.78 Å². The smallest absolute Gasteiger partial charge is 0.133 e. The third-order valence-electron chi connectivity index (χ3n) is 4.19. The van der Waals surface area contributed by atoms with Crippen molar-refractivity contribution in [1.29, 1.82) is 0 Å². The molecule has 0 radical (unpaired) electrons. The summed E-state index contributed by atoms with van der Waals surface area (Å²) in [6.45, 7) is 0.464. The van der Waals surface area contributed by atoms with E-state index in [2.05, 4.69) is 5.10 Å². The molecule has 1 aromatic carbocycles. The Morgan fingerprint density at radius 2 is 1.90 bits per heavy atom. The highest BCUT2D eigenvalue weighted by Crippen LogP contribution is 2.37. The molecule has 1 aromatic heterocycles. The van der Waals surface area contributed by atoms with Gasteiger partial charge in [-0.2, -0.15) is 5.10 Å². The topological polar surface area (TPSA) is 38.1 Å². The number of halogens is 2. The van der Waals surface area contributed by atoms with Gasteiger partial charge in [0.25, 0.3) is 0 Å². The van der Waals surface area contributed by atoms with E-state index in [-0.39, 0.29) is 6.61 Å². The van der Waals surface area contributed by atoms with Gasteiger partial charge in [0.15, 0.2) is 0 Å². The summed E-state index contributed by atoms with van der Waals surface area (Å²) >= 11 is 12.6. The Hall–Kier alpha value is -1.03. The monoisotopic (exact) mass is 324 g/mol. The summed E-state index contributed by atoms with van der Waals surface area (Å²) in [6.07, 6.45) is 4.72. The van der Waals surface area contributed by atoms with E-state index in [1.807, 2.05) is 24.3 Å². The minimum atomic E-state index is -0.0623. The van der Waals surface area contributed by atoms with Crippen LogP contribution in [0.1, 0.15) is 48.4 Å². The summed E-state index contributed by atoms with van der Waals surface area (Å²) in [5.41, 5.74) is 2.72. The van der Waals surface area contributed by atoms with Crippen molar-refractivity contribution in [3.05, 3.63) is 51.3 Å². The van der Waals surface area contributed by atoms with Crippen LogP contribution in [0, 0.1) is 0 Å². The highest BCUT2D eigenvalue weighted by Gasteiger charge is 2.26. The van der Waals surface area contributed by atoms with Gasteiger partial charge in [-0.05, 0) is 24.5 Å². The normalized spacial score (nSPS) is 15.8. The number of hydrogen-bond acceptors (Lipinski definition) is 2. The summed E-state index contributed by atoms with van der Waals surface area (Å²) in [4.78, 5) is 0. The van der Waals surface area contributed by atoms with Gasteiger partial charge in [-0.25, -0.2) is 4.68 Å². The van der Waals surface area contributed by atoms with Gasteiger partial charge in [0.1, 0.15) is 5.15 Å². The largest absolute Gasteiger partial charge is 0.391 e. The molecule has 1 saturated carbocycles. The van der Waals surface area contributed by atoms with Crippen molar-refractivity contribution in [2.45, 2.75) is 44.8 Å². The number of aromatic nitrogens is 2. The molecule has 0 bridgehead atoms. The molecule has 1 aliphatic carbocycles. The van der Waals surface area contributed by atoms with Gasteiger partial charge in [0.2, 0.25) is 0 Å². The molecule has 21 heavy (non-hydrogen) atoms. The van der Waals surface area contributed by atoms with E-state index in [9.17, 15) is 5.11 Å². The molecule has 1 fully saturated rings. The minimum absolute atomic E-state index is 0.0623. The fourth-order valence-electron chi connectivity index (χ4n) is 3.06. The molecule has 0 unspecified atom stereocenters. The summed E-state index contributed by atoms with van der Waals surface area (Å²) in [5, 5.41) is 15.5. The molecule has 1 heterocycles. The van der Waals surface area contributed by atoms with Crippen molar-refractivity contribution in [2.75, 3.05) is 0 Å². The number of aliphatic hydroxyl groups is 1. The van der Waals surface area contributed by atoms with Crippen molar-refractivity contribution in [3.63, 3.8) is 0 Å². The van der Waals surface area contributed by atoms with E-state index >= 15 is 0 Å². The second-order valence-corrected chi connectivity index (χ2v) is 6.31. The highest BCUT2D eigenvalue weighted by atomic mass is 35.5. The van der Waals surface area contributed by atoms with Gasteiger partial charge in [0.05, 0.1) is 18.8 Å². The number of aliphatic hydroxyl groups excluding tert-OH is 1. The van der Waals surface area contributed by atoms with Crippen LogP contribution in [0.2, 0.25) is 10.2 Å². The van der Waals surface area contributed by atoms with Crippen LogP contribution in [-0.2, 0) is 13.2 Å². The number of nitrogens with zero attached hydrogens (tertiary/aromatic N) is 2. The SMILES string of the molecule is OCc1c(C2CCCC2)nn(Cc2ccccc2Cl)c1Cl. The van der Waals surface area contributed by atoms with Gasteiger partial charge >= 0.3 is 0 Å². The lowest BCUT2D eigenvalue weighted by Gasteiger charge is -2.07. The molecular weight excluding hydrogens is 307 g/mol. The number of rotatable bonds is 4.